The quantitative estimate of drug-likeness (QED) is 0.718. The van der Waals surface area contributed by atoms with Crippen LogP contribution >= 0.6 is 11.3 Å². The summed E-state index contributed by atoms with van der Waals surface area (Å²) in [6, 6.07) is 5.84. The molecule has 0 saturated carbocycles. The van der Waals surface area contributed by atoms with Crippen LogP contribution in [0.1, 0.15) is 28.0 Å². The number of amides is 2. The number of nitrogens with one attached hydrogen (secondary N) is 1. The molecule has 4 rings (SSSR count). The average molecular weight is 441 g/mol. The Bertz CT molecular complexity index is 1040. The van der Waals surface area contributed by atoms with Gasteiger partial charge in [-0.15, -0.1) is 11.3 Å². The standard InChI is InChI=1S/C22H21FN4O3S/c23-16-11-27(12-16)22(29)30-13-15-3-5-17-18(9-24)21(31-19(17)8-15)26-20(28)6-4-14-2-1-7-25-10-14/h1-2,4,6-7,10,15-16H,3,5,8,11-13H2,(H,26,28)/b6-4+. The van der Waals surface area contributed by atoms with E-state index in [4.69, 9.17) is 4.74 Å². The number of ether oxygens (including phenoxy) is 1. The van der Waals surface area contributed by atoms with Gasteiger partial charge >= 0.3 is 6.09 Å². The van der Waals surface area contributed by atoms with Crippen molar-refractivity contribution in [3.8, 4) is 6.07 Å². The van der Waals surface area contributed by atoms with Gasteiger partial charge in [-0.25, -0.2) is 9.18 Å². The number of nitriles is 1. The van der Waals surface area contributed by atoms with Crippen molar-refractivity contribution in [2.45, 2.75) is 25.4 Å². The van der Waals surface area contributed by atoms with Crippen LogP contribution in [0, 0.1) is 17.2 Å². The van der Waals surface area contributed by atoms with Gasteiger partial charge in [0, 0.05) is 23.3 Å². The van der Waals surface area contributed by atoms with Gasteiger partial charge in [0.2, 0.25) is 5.91 Å². The lowest BCUT2D eigenvalue weighted by Crippen LogP contribution is -2.51. The summed E-state index contributed by atoms with van der Waals surface area (Å²) in [7, 11) is 0. The molecule has 0 aromatic carbocycles. The summed E-state index contributed by atoms with van der Waals surface area (Å²) in [5.74, 6) is -0.178. The number of fused-ring (bicyclic) bond motifs is 1. The highest BCUT2D eigenvalue weighted by Crippen LogP contribution is 2.39. The third kappa shape index (κ3) is 4.91. The van der Waals surface area contributed by atoms with E-state index in [1.807, 2.05) is 6.07 Å². The number of hydrogen-bond donors (Lipinski definition) is 1. The molecule has 9 heteroatoms. The lowest BCUT2D eigenvalue weighted by molar-refractivity contribution is -0.111. The minimum Gasteiger partial charge on any atom is -0.449 e. The summed E-state index contributed by atoms with van der Waals surface area (Å²) in [5, 5.41) is 13.0. The van der Waals surface area contributed by atoms with Gasteiger partial charge in [0.1, 0.15) is 17.2 Å². The fraction of sp³-hybridized carbons (Fsp3) is 0.364. The number of hydrogen-bond acceptors (Lipinski definition) is 6. The number of alkyl halides is 1. The summed E-state index contributed by atoms with van der Waals surface area (Å²) < 4.78 is 18.2. The molecule has 1 unspecified atom stereocenters. The number of anilines is 1. The van der Waals surface area contributed by atoms with Crippen molar-refractivity contribution in [3.05, 3.63) is 52.2 Å². The summed E-state index contributed by atoms with van der Waals surface area (Å²) >= 11 is 1.40. The minimum absolute atomic E-state index is 0.0996. The number of pyridine rings is 1. The van der Waals surface area contributed by atoms with E-state index in [1.165, 1.54) is 22.3 Å². The van der Waals surface area contributed by atoms with Gasteiger partial charge in [-0.2, -0.15) is 5.26 Å². The molecule has 2 aliphatic rings. The maximum absolute atomic E-state index is 12.9. The van der Waals surface area contributed by atoms with E-state index in [9.17, 15) is 19.2 Å². The molecule has 1 saturated heterocycles. The predicted octanol–water partition coefficient (Wildman–Crippen LogP) is 3.56. The van der Waals surface area contributed by atoms with Gasteiger partial charge in [0.25, 0.3) is 0 Å². The second-order valence-electron chi connectivity index (χ2n) is 7.62. The molecule has 2 amide bonds. The summed E-state index contributed by atoms with van der Waals surface area (Å²) in [6.45, 7) is 0.464. The van der Waals surface area contributed by atoms with Crippen LogP contribution in [0.15, 0.2) is 30.6 Å². The van der Waals surface area contributed by atoms with Crippen molar-refractivity contribution >= 4 is 34.4 Å². The van der Waals surface area contributed by atoms with Crippen molar-refractivity contribution in [1.29, 1.82) is 5.26 Å². The molecule has 0 radical (unpaired) electrons. The molecule has 2 aromatic heterocycles. The third-order valence-electron chi connectivity index (χ3n) is 5.37. The number of carbonyl (C=O) groups is 2. The van der Waals surface area contributed by atoms with Crippen LogP contribution in [0.3, 0.4) is 0 Å². The Morgan fingerprint density at radius 2 is 2.29 bits per heavy atom. The van der Waals surface area contributed by atoms with Gasteiger partial charge in [0.15, 0.2) is 0 Å². The number of thiophene rings is 1. The summed E-state index contributed by atoms with van der Waals surface area (Å²) in [6.07, 6.45) is 7.11. The zero-order valence-electron chi connectivity index (χ0n) is 16.7. The topological polar surface area (TPSA) is 95.3 Å². The first kappa shape index (κ1) is 21.0. The lowest BCUT2D eigenvalue weighted by Gasteiger charge is -2.33. The Labute approximate surface area is 183 Å². The molecule has 1 aliphatic carbocycles. The largest absolute Gasteiger partial charge is 0.449 e. The van der Waals surface area contributed by atoms with Gasteiger partial charge in [0.05, 0.1) is 25.3 Å². The Morgan fingerprint density at radius 3 is 3.00 bits per heavy atom. The summed E-state index contributed by atoms with van der Waals surface area (Å²) in [4.78, 5) is 30.6. The molecular formula is C22H21FN4O3S. The van der Waals surface area contributed by atoms with Crippen LogP contribution in [-0.2, 0) is 22.4 Å². The first-order valence-electron chi connectivity index (χ1n) is 10.0. The molecule has 1 N–H and O–H groups in total. The van der Waals surface area contributed by atoms with E-state index < -0.39 is 12.3 Å². The second-order valence-corrected chi connectivity index (χ2v) is 8.72. The lowest BCUT2D eigenvalue weighted by atomic mass is 9.88. The Hall–Kier alpha value is -3.25. The predicted molar refractivity (Wildman–Crippen MR) is 114 cm³/mol. The number of carbonyl (C=O) groups excluding carboxylic acids is 2. The second kappa shape index (κ2) is 9.27. The molecule has 31 heavy (non-hydrogen) atoms. The zero-order valence-corrected chi connectivity index (χ0v) is 17.5. The third-order valence-corrected chi connectivity index (χ3v) is 6.53. The molecule has 1 aliphatic heterocycles. The fourth-order valence-electron chi connectivity index (χ4n) is 3.66. The van der Waals surface area contributed by atoms with Crippen molar-refractivity contribution in [1.82, 2.24) is 9.88 Å². The van der Waals surface area contributed by atoms with Crippen LogP contribution in [-0.4, -0.2) is 47.8 Å². The van der Waals surface area contributed by atoms with Gasteiger partial charge in [-0.3, -0.25) is 9.78 Å². The normalized spacial score (nSPS) is 18.2. The van der Waals surface area contributed by atoms with Gasteiger partial charge in [-0.05, 0) is 48.4 Å². The Kier molecular flexibility index (Phi) is 6.28. The highest BCUT2D eigenvalue weighted by molar-refractivity contribution is 7.16. The minimum atomic E-state index is -0.951. The number of rotatable bonds is 5. The molecule has 0 bridgehead atoms. The van der Waals surface area contributed by atoms with E-state index in [2.05, 4.69) is 16.4 Å². The Balaban J connectivity index is 1.36. The molecular weight excluding hydrogens is 419 g/mol. The Morgan fingerprint density at radius 1 is 1.45 bits per heavy atom. The van der Waals surface area contributed by atoms with Gasteiger partial charge < -0.3 is 15.0 Å². The first-order chi connectivity index (χ1) is 15.0. The average Bonchev–Trinajstić information content (AvgIpc) is 3.10. The smallest absolute Gasteiger partial charge is 0.409 e. The van der Waals surface area contributed by atoms with E-state index in [-0.39, 0.29) is 31.5 Å². The fourth-order valence-corrected chi connectivity index (χ4v) is 4.97. The SMILES string of the molecule is N#Cc1c(NC(=O)/C=C/c2cccnc2)sc2c1CCC(COC(=O)N1CC(F)C1)C2. The van der Waals surface area contributed by atoms with Crippen molar-refractivity contribution < 1.29 is 18.7 Å². The monoisotopic (exact) mass is 440 g/mol. The number of likely N-dealkylation sites (tertiary alicyclic amines) is 1. The molecule has 2 aromatic rings. The molecule has 3 heterocycles. The van der Waals surface area contributed by atoms with Crippen molar-refractivity contribution in [3.63, 3.8) is 0 Å². The molecule has 7 nitrogen and oxygen atoms in total. The van der Waals surface area contributed by atoms with E-state index in [0.29, 0.717) is 23.4 Å². The van der Waals surface area contributed by atoms with Crippen LogP contribution in [0.4, 0.5) is 14.2 Å². The molecule has 1 fully saturated rings. The maximum Gasteiger partial charge on any atom is 0.409 e. The van der Waals surface area contributed by atoms with E-state index in [1.54, 1.807) is 24.5 Å². The van der Waals surface area contributed by atoms with E-state index in [0.717, 1.165) is 22.4 Å². The maximum atomic E-state index is 12.9. The molecule has 0 spiro atoms. The molecule has 160 valence electrons. The van der Waals surface area contributed by atoms with Crippen LogP contribution in [0.25, 0.3) is 6.08 Å². The van der Waals surface area contributed by atoms with E-state index >= 15 is 0 Å². The van der Waals surface area contributed by atoms with Crippen molar-refractivity contribution in [2.75, 3.05) is 25.0 Å². The van der Waals surface area contributed by atoms with Crippen molar-refractivity contribution in [2.24, 2.45) is 5.92 Å². The first-order valence-corrected chi connectivity index (χ1v) is 10.8. The highest BCUT2D eigenvalue weighted by Gasteiger charge is 2.32. The van der Waals surface area contributed by atoms with Gasteiger partial charge in [-0.1, -0.05) is 6.07 Å². The summed E-state index contributed by atoms with van der Waals surface area (Å²) in [5.41, 5.74) is 2.28. The van der Waals surface area contributed by atoms with Crippen LogP contribution in [0.2, 0.25) is 0 Å². The van der Waals surface area contributed by atoms with Crippen LogP contribution < -0.4 is 5.32 Å². The molecule has 1 atom stereocenters. The zero-order chi connectivity index (χ0) is 21.8. The number of halogens is 1. The van der Waals surface area contributed by atoms with Crippen LogP contribution in [0.5, 0.6) is 0 Å². The highest BCUT2D eigenvalue weighted by atomic mass is 32.1. The number of aromatic nitrogens is 1. The number of nitrogens with zero attached hydrogens (tertiary/aromatic N) is 3.